The van der Waals surface area contributed by atoms with Crippen LogP contribution in [0.2, 0.25) is 0 Å². The highest BCUT2D eigenvalue weighted by atomic mass is 19.4. The minimum Gasteiger partial charge on any atom is -0.444 e. The standard InChI is InChI=1S/C37H34F5N9O4/c38-33(39)32-28(45-35(54)29-20-55-36(46-29)22-11-12-43-30(17-22)44-21-37(40,41)42)19-51(48-32)25-7-5-24(6-8-25)50-15-13-49(14-16-50)18-23-3-1-2-4-26(23)27-9-10-31(52)47-34(27)53/h1-8,11-12,17,19-20,27,33H,9-10,13-16,18,21H2,(H,43,44)(H,45,54)(H,47,52,53). The van der Waals surface area contributed by atoms with Gasteiger partial charge in [0.25, 0.3) is 12.3 Å². The van der Waals surface area contributed by atoms with Gasteiger partial charge in [-0.15, -0.1) is 0 Å². The number of hydrogen-bond donors (Lipinski definition) is 3. The SMILES string of the molecule is O=C1CCC(c2ccccc2CN2CCN(c3ccc(-n4cc(NC(=O)c5coc(-c6ccnc(NCC(F)(F)F)c6)n5)c(C(F)F)n4)cc3)CC2)C(=O)N1. The third-order valence-electron chi connectivity index (χ3n) is 9.33. The van der Waals surface area contributed by atoms with Gasteiger partial charge < -0.3 is 20.0 Å². The predicted octanol–water partition coefficient (Wildman–Crippen LogP) is 5.93. The maximum absolute atomic E-state index is 14.0. The third kappa shape index (κ3) is 8.80. The van der Waals surface area contributed by atoms with Gasteiger partial charge in [-0.3, -0.25) is 24.6 Å². The predicted molar refractivity (Wildman–Crippen MR) is 190 cm³/mol. The summed E-state index contributed by atoms with van der Waals surface area (Å²) in [6, 6.07) is 17.7. The van der Waals surface area contributed by atoms with E-state index in [-0.39, 0.29) is 46.4 Å². The van der Waals surface area contributed by atoms with Crippen LogP contribution in [0.4, 0.5) is 39.1 Å². The number of pyridine rings is 1. The van der Waals surface area contributed by atoms with Gasteiger partial charge in [0.15, 0.2) is 11.4 Å². The smallest absolute Gasteiger partial charge is 0.405 e. The number of aromatic nitrogens is 4. The zero-order chi connectivity index (χ0) is 38.7. The topological polar surface area (TPSA) is 151 Å². The van der Waals surface area contributed by atoms with Crippen LogP contribution in [-0.4, -0.2) is 81.3 Å². The number of imide groups is 1. The normalized spacial score (nSPS) is 16.7. The van der Waals surface area contributed by atoms with Crippen molar-refractivity contribution in [1.82, 2.24) is 30.0 Å². The minimum atomic E-state index is -4.46. The van der Waals surface area contributed by atoms with Gasteiger partial charge in [-0.2, -0.15) is 18.3 Å². The lowest BCUT2D eigenvalue weighted by molar-refractivity contribution is -0.134. The molecule has 3 aromatic heterocycles. The van der Waals surface area contributed by atoms with Gasteiger partial charge in [0, 0.05) is 56.6 Å². The lowest BCUT2D eigenvalue weighted by atomic mass is 9.87. The lowest BCUT2D eigenvalue weighted by Gasteiger charge is -2.36. The number of amides is 3. The molecule has 7 rings (SSSR count). The van der Waals surface area contributed by atoms with Crippen molar-refractivity contribution in [3.8, 4) is 17.1 Å². The summed E-state index contributed by atoms with van der Waals surface area (Å²) in [5.74, 6) is -1.91. The number of alkyl halides is 5. The van der Waals surface area contributed by atoms with Crippen LogP contribution >= 0.6 is 0 Å². The van der Waals surface area contributed by atoms with Crippen molar-refractivity contribution in [1.29, 1.82) is 0 Å². The van der Waals surface area contributed by atoms with Crippen LogP contribution in [0.15, 0.2) is 83.7 Å². The second kappa shape index (κ2) is 15.7. The van der Waals surface area contributed by atoms with Crippen LogP contribution in [0, 0.1) is 0 Å². The van der Waals surface area contributed by atoms with E-state index in [0.717, 1.165) is 49.3 Å². The Morgan fingerprint density at radius 3 is 2.47 bits per heavy atom. The molecule has 1 unspecified atom stereocenters. The highest BCUT2D eigenvalue weighted by Gasteiger charge is 2.30. The largest absolute Gasteiger partial charge is 0.444 e. The monoisotopic (exact) mass is 763 g/mol. The molecule has 0 aliphatic carbocycles. The zero-order valence-corrected chi connectivity index (χ0v) is 29.0. The first-order valence-corrected chi connectivity index (χ1v) is 17.3. The summed E-state index contributed by atoms with van der Waals surface area (Å²) in [6.45, 7) is 2.35. The molecule has 286 valence electrons. The Morgan fingerprint density at radius 1 is 1.00 bits per heavy atom. The van der Waals surface area contributed by atoms with Gasteiger partial charge in [-0.25, -0.2) is 23.4 Å². The summed E-state index contributed by atoms with van der Waals surface area (Å²) in [4.78, 5) is 49.7. The van der Waals surface area contributed by atoms with E-state index in [4.69, 9.17) is 4.42 Å². The van der Waals surface area contributed by atoms with Gasteiger partial charge in [0.05, 0.1) is 23.5 Å². The molecule has 13 nitrogen and oxygen atoms in total. The van der Waals surface area contributed by atoms with E-state index in [1.165, 1.54) is 29.2 Å². The van der Waals surface area contributed by atoms with Crippen LogP contribution in [0.25, 0.3) is 17.1 Å². The number of hydrogen-bond acceptors (Lipinski definition) is 10. The molecule has 0 bridgehead atoms. The average molecular weight is 764 g/mol. The summed E-state index contributed by atoms with van der Waals surface area (Å²) >= 11 is 0. The van der Waals surface area contributed by atoms with Crippen LogP contribution in [0.3, 0.4) is 0 Å². The van der Waals surface area contributed by atoms with Crippen molar-refractivity contribution in [2.75, 3.05) is 48.3 Å². The molecule has 0 radical (unpaired) electrons. The number of oxazole rings is 1. The number of piperidine rings is 1. The highest BCUT2D eigenvalue weighted by molar-refractivity contribution is 6.03. The number of piperazine rings is 1. The number of nitrogens with one attached hydrogen (secondary N) is 3. The zero-order valence-electron chi connectivity index (χ0n) is 29.0. The molecule has 2 aromatic carbocycles. The summed E-state index contributed by atoms with van der Waals surface area (Å²) < 4.78 is 72.4. The second-order valence-electron chi connectivity index (χ2n) is 13.0. The Morgan fingerprint density at radius 2 is 1.75 bits per heavy atom. The molecular formula is C37H34F5N9O4. The van der Waals surface area contributed by atoms with Gasteiger partial charge in [-0.1, -0.05) is 24.3 Å². The molecule has 3 amide bonds. The van der Waals surface area contributed by atoms with Gasteiger partial charge in [0.2, 0.25) is 17.7 Å². The van der Waals surface area contributed by atoms with Gasteiger partial charge >= 0.3 is 6.18 Å². The minimum absolute atomic E-state index is 0.0917. The molecule has 2 aliphatic rings. The Hall–Kier alpha value is -6.17. The first kappa shape index (κ1) is 37.2. The summed E-state index contributed by atoms with van der Waals surface area (Å²) in [5.41, 5.74) is 2.48. The Labute approximate surface area is 310 Å². The molecule has 55 heavy (non-hydrogen) atoms. The first-order chi connectivity index (χ1) is 26.4. The number of rotatable bonds is 11. The van der Waals surface area contributed by atoms with Gasteiger partial charge in [0.1, 0.15) is 18.6 Å². The lowest BCUT2D eigenvalue weighted by Crippen LogP contribution is -2.46. The fourth-order valence-corrected chi connectivity index (χ4v) is 6.55. The van der Waals surface area contributed by atoms with E-state index in [2.05, 4.69) is 40.8 Å². The highest BCUT2D eigenvalue weighted by Crippen LogP contribution is 2.31. The Balaban J connectivity index is 0.969. The summed E-state index contributed by atoms with van der Waals surface area (Å²) in [7, 11) is 0. The third-order valence-corrected chi connectivity index (χ3v) is 9.33. The second-order valence-corrected chi connectivity index (χ2v) is 13.0. The molecule has 0 spiro atoms. The van der Waals surface area contributed by atoms with E-state index in [0.29, 0.717) is 25.1 Å². The van der Waals surface area contributed by atoms with E-state index in [1.807, 2.05) is 36.4 Å². The fourth-order valence-electron chi connectivity index (χ4n) is 6.55. The van der Waals surface area contributed by atoms with Crippen molar-refractivity contribution in [2.24, 2.45) is 0 Å². The van der Waals surface area contributed by atoms with Crippen molar-refractivity contribution in [2.45, 2.75) is 37.9 Å². The molecule has 2 saturated heterocycles. The molecule has 5 heterocycles. The van der Waals surface area contributed by atoms with Gasteiger partial charge in [-0.05, 0) is 53.9 Å². The molecule has 2 aliphatic heterocycles. The Bertz CT molecular complexity index is 2180. The van der Waals surface area contributed by atoms with Crippen LogP contribution in [0.1, 0.15) is 52.5 Å². The van der Waals surface area contributed by atoms with Crippen LogP contribution in [0.5, 0.6) is 0 Å². The van der Waals surface area contributed by atoms with E-state index >= 15 is 0 Å². The maximum atomic E-state index is 14.0. The quantitative estimate of drug-likeness (QED) is 0.109. The van der Waals surface area contributed by atoms with E-state index in [1.54, 1.807) is 12.1 Å². The molecule has 3 N–H and O–H groups in total. The summed E-state index contributed by atoms with van der Waals surface area (Å²) in [6.07, 6.45) is -3.17. The van der Waals surface area contributed by atoms with Crippen LogP contribution < -0.4 is 20.9 Å². The average Bonchev–Trinajstić information content (AvgIpc) is 3.84. The number of carbonyl (C=O) groups is 3. The van der Waals surface area contributed by atoms with Crippen LogP contribution in [-0.2, 0) is 16.1 Å². The number of halogens is 5. The number of benzene rings is 2. The van der Waals surface area contributed by atoms with E-state index < -0.39 is 30.7 Å². The fraction of sp³-hybridized carbons (Fsp3) is 0.297. The molecule has 18 heteroatoms. The molecule has 2 fully saturated rings. The van der Waals surface area contributed by atoms with Crippen molar-refractivity contribution < 1.29 is 40.8 Å². The number of anilines is 3. The summed E-state index contributed by atoms with van der Waals surface area (Å²) in [5, 5.41) is 11.0. The number of nitrogens with zero attached hydrogens (tertiary/aromatic N) is 6. The molecule has 5 aromatic rings. The van der Waals surface area contributed by atoms with Crippen molar-refractivity contribution in [3.63, 3.8) is 0 Å². The number of carbonyl (C=O) groups excluding carboxylic acids is 3. The Kier molecular flexibility index (Phi) is 10.6. The first-order valence-electron chi connectivity index (χ1n) is 17.3. The van der Waals surface area contributed by atoms with Crippen molar-refractivity contribution in [3.05, 3.63) is 102 Å². The van der Waals surface area contributed by atoms with Crippen molar-refractivity contribution >= 4 is 34.9 Å². The molecule has 0 saturated carbocycles. The molecular weight excluding hydrogens is 729 g/mol. The molecule has 1 atom stereocenters. The van der Waals surface area contributed by atoms with E-state index in [9.17, 15) is 36.3 Å². The maximum Gasteiger partial charge on any atom is 0.405 e.